The molecule has 16 heavy (non-hydrogen) atoms. The van der Waals surface area contributed by atoms with Gasteiger partial charge in [0.05, 0.1) is 17.6 Å². The maximum atomic E-state index is 9.05. The molecule has 1 aromatic rings. The lowest BCUT2D eigenvalue weighted by molar-refractivity contribution is 0.276. The zero-order chi connectivity index (χ0) is 11.5. The Bertz CT molecular complexity index is 362. The number of nitrogens with zero attached hydrogens (tertiary/aromatic N) is 2. The molecule has 0 amide bonds. The van der Waals surface area contributed by atoms with Gasteiger partial charge in [0.25, 0.3) is 0 Å². The van der Waals surface area contributed by atoms with Gasteiger partial charge in [0.1, 0.15) is 5.82 Å². The number of rotatable bonds is 2. The third-order valence-electron chi connectivity index (χ3n) is 2.73. The fourth-order valence-corrected chi connectivity index (χ4v) is 4.43. The summed E-state index contributed by atoms with van der Waals surface area (Å²) in [4.78, 5) is 8.69. The molecule has 1 aliphatic heterocycles. The molecule has 0 spiro atoms. The molecule has 2 rings (SSSR count). The van der Waals surface area contributed by atoms with E-state index in [9.17, 15) is 0 Å². The molecule has 0 aromatic carbocycles. The summed E-state index contributed by atoms with van der Waals surface area (Å²) in [6.07, 6.45) is 1.74. The molecule has 3 atom stereocenters. The first-order valence-corrected chi connectivity index (χ1v) is 7.39. The fourth-order valence-electron chi connectivity index (χ4n) is 1.58. The predicted octanol–water partition coefficient (Wildman–Crippen LogP) is 2.27. The summed E-state index contributed by atoms with van der Waals surface area (Å²) in [6.45, 7) is 4.51. The van der Waals surface area contributed by atoms with E-state index in [0.717, 1.165) is 11.6 Å². The highest BCUT2D eigenvalue weighted by Gasteiger charge is 2.28. The van der Waals surface area contributed by atoms with E-state index in [4.69, 9.17) is 5.11 Å². The highest BCUT2D eigenvalue weighted by molar-refractivity contribution is 8.07. The zero-order valence-corrected chi connectivity index (χ0v) is 11.1. The minimum absolute atomic E-state index is 0.00793. The van der Waals surface area contributed by atoms with Gasteiger partial charge >= 0.3 is 0 Å². The van der Waals surface area contributed by atoms with Crippen LogP contribution in [0.5, 0.6) is 0 Å². The monoisotopic (exact) mass is 256 g/mol. The van der Waals surface area contributed by atoms with E-state index in [2.05, 4.69) is 23.8 Å². The van der Waals surface area contributed by atoms with Crippen molar-refractivity contribution in [3.8, 4) is 0 Å². The van der Waals surface area contributed by atoms with Crippen LogP contribution in [0.1, 0.15) is 30.6 Å². The number of hydrogen-bond donors (Lipinski definition) is 1. The molecule has 2 heterocycles. The first-order valence-electron chi connectivity index (χ1n) is 5.40. The van der Waals surface area contributed by atoms with Crippen molar-refractivity contribution in [1.29, 1.82) is 0 Å². The molecular formula is C11H16N2OS2. The highest BCUT2D eigenvalue weighted by atomic mass is 32.2. The van der Waals surface area contributed by atoms with Gasteiger partial charge < -0.3 is 5.11 Å². The van der Waals surface area contributed by atoms with Gasteiger partial charge in [-0.2, -0.15) is 11.8 Å². The Balaban J connectivity index is 2.12. The van der Waals surface area contributed by atoms with Crippen molar-refractivity contribution < 1.29 is 5.11 Å². The maximum absolute atomic E-state index is 9.05. The first-order chi connectivity index (χ1) is 7.70. The number of thioether (sulfide) groups is 2. The largest absolute Gasteiger partial charge is 0.390 e. The van der Waals surface area contributed by atoms with Crippen LogP contribution in [0.2, 0.25) is 0 Å². The van der Waals surface area contributed by atoms with E-state index < -0.39 is 0 Å². The minimum Gasteiger partial charge on any atom is -0.390 e. The zero-order valence-electron chi connectivity index (χ0n) is 9.46. The van der Waals surface area contributed by atoms with Crippen LogP contribution in [-0.2, 0) is 6.61 Å². The third-order valence-corrected chi connectivity index (χ3v) is 6.12. The summed E-state index contributed by atoms with van der Waals surface area (Å²) in [5.41, 5.74) is 0.710. The smallest absolute Gasteiger partial charge is 0.142 e. The van der Waals surface area contributed by atoms with Crippen molar-refractivity contribution in [2.24, 2.45) is 0 Å². The number of hydrogen-bond acceptors (Lipinski definition) is 5. The fraction of sp³-hybridized carbons (Fsp3) is 0.636. The summed E-state index contributed by atoms with van der Waals surface area (Å²) in [7, 11) is 0. The molecular weight excluding hydrogens is 240 g/mol. The quantitative estimate of drug-likeness (QED) is 0.879. The average Bonchev–Trinajstić information content (AvgIpc) is 2.33. The molecule has 1 N–H and O–H groups in total. The van der Waals surface area contributed by atoms with Crippen molar-refractivity contribution in [2.75, 3.05) is 5.75 Å². The van der Waals surface area contributed by atoms with Crippen LogP contribution in [0, 0.1) is 0 Å². The Morgan fingerprint density at radius 1 is 1.44 bits per heavy atom. The van der Waals surface area contributed by atoms with Crippen molar-refractivity contribution in [1.82, 2.24) is 9.97 Å². The lowest BCUT2D eigenvalue weighted by atomic mass is 10.3. The molecule has 3 unspecified atom stereocenters. The van der Waals surface area contributed by atoms with Gasteiger partial charge in [-0.15, -0.1) is 11.8 Å². The lowest BCUT2D eigenvalue weighted by Gasteiger charge is -2.30. The van der Waals surface area contributed by atoms with Crippen molar-refractivity contribution in [3.63, 3.8) is 0 Å². The van der Waals surface area contributed by atoms with Crippen LogP contribution in [-0.4, -0.2) is 31.3 Å². The second-order valence-corrected chi connectivity index (χ2v) is 6.93. The molecule has 1 aliphatic rings. The normalized spacial score (nSPS) is 30.3. The first kappa shape index (κ1) is 12.2. The van der Waals surface area contributed by atoms with E-state index in [-0.39, 0.29) is 6.61 Å². The van der Waals surface area contributed by atoms with E-state index >= 15 is 0 Å². The Morgan fingerprint density at radius 3 is 2.94 bits per heavy atom. The van der Waals surface area contributed by atoms with E-state index in [1.807, 2.05) is 23.5 Å². The molecule has 0 aliphatic carbocycles. The summed E-state index contributed by atoms with van der Waals surface area (Å²) in [5, 5.41) is 10.7. The Hall–Kier alpha value is -0.260. The number of aliphatic hydroxyl groups is 1. The van der Waals surface area contributed by atoms with E-state index in [0.29, 0.717) is 21.4 Å². The van der Waals surface area contributed by atoms with E-state index in [1.54, 1.807) is 12.3 Å². The van der Waals surface area contributed by atoms with Gasteiger partial charge in [0.2, 0.25) is 0 Å². The van der Waals surface area contributed by atoms with E-state index in [1.165, 1.54) is 0 Å². The molecule has 3 nitrogen and oxygen atoms in total. The molecule has 0 bridgehead atoms. The molecule has 0 radical (unpaired) electrons. The van der Waals surface area contributed by atoms with Gasteiger partial charge in [0, 0.05) is 22.4 Å². The minimum atomic E-state index is -0.00793. The molecule has 5 heteroatoms. The molecule has 0 saturated carbocycles. The van der Waals surface area contributed by atoms with Crippen LogP contribution >= 0.6 is 23.5 Å². The third kappa shape index (κ3) is 2.70. The molecule has 1 fully saturated rings. The van der Waals surface area contributed by atoms with Crippen LogP contribution in [0.25, 0.3) is 0 Å². The highest BCUT2D eigenvalue weighted by Crippen LogP contribution is 2.43. The molecule has 1 aromatic heterocycles. The second-order valence-electron chi connectivity index (χ2n) is 3.93. The van der Waals surface area contributed by atoms with Crippen molar-refractivity contribution in [3.05, 3.63) is 23.8 Å². The Morgan fingerprint density at radius 2 is 2.25 bits per heavy atom. The topological polar surface area (TPSA) is 46.0 Å². The lowest BCUT2D eigenvalue weighted by Crippen LogP contribution is -2.23. The van der Waals surface area contributed by atoms with Crippen LogP contribution in [0.3, 0.4) is 0 Å². The van der Waals surface area contributed by atoms with Gasteiger partial charge in [-0.1, -0.05) is 13.8 Å². The van der Waals surface area contributed by atoms with Crippen molar-refractivity contribution >= 4 is 23.5 Å². The Kier molecular flexibility index (Phi) is 4.10. The summed E-state index contributed by atoms with van der Waals surface area (Å²) in [6, 6.07) is 1.76. The predicted molar refractivity (Wildman–Crippen MR) is 69.7 cm³/mol. The summed E-state index contributed by atoms with van der Waals surface area (Å²) in [5.74, 6) is 1.92. The van der Waals surface area contributed by atoms with Crippen LogP contribution in [0.4, 0.5) is 0 Å². The second kappa shape index (κ2) is 5.38. The molecule has 88 valence electrons. The van der Waals surface area contributed by atoms with Gasteiger partial charge in [-0.25, -0.2) is 9.97 Å². The maximum Gasteiger partial charge on any atom is 0.142 e. The Labute approximate surface area is 104 Å². The number of aliphatic hydroxyl groups excluding tert-OH is 1. The van der Waals surface area contributed by atoms with Crippen molar-refractivity contribution in [2.45, 2.75) is 36.2 Å². The average molecular weight is 256 g/mol. The summed E-state index contributed by atoms with van der Waals surface area (Å²) < 4.78 is 0. The number of aromatic nitrogens is 2. The summed E-state index contributed by atoms with van der Waals surface area (Å²) >= 11 is 3.92. The standard InChI is InChI=1S/C11H16N2OS2/c1-7-8(2)16-10(6-15-7)11-12-4-3-9(5-14)13-11/h3-4,7-8,10,14H,5-6H2,1-2H3. The van der Waals surface area contributed by atoms with Gasteiger partial charge in [-0.05, 0) is 6.07 Å². The van der Waals surface area contributed by atoms with Gasteiger partial charge in [0.15, 0.2) is 0 Å². The molecule has 1 saturated heterocycles. The van der Waals surface area contributed by atoms with Crippen LogP contribution in [0.15, 0.2) is 12.3 Å². The van der Waals surface area contributed by atoms with Gasteiger partial charge in [-0.3, -0.25) is 0 Å². The van der Waals surface area contributed by atoms with Crippen LogP contribution < -0.4 is 0 Å². The SMILES string of the molecule is CC1SCC(c2nccc(CO)n2)SC1C.